The number of ether oxygens (including phenoxy) is 2. The van der Waals surface area contributed by atoms with Crippen LogP contribution in [0.1, 0.15) is 89.5 Å². The highest BCUT2D eigenvalue weighted by Crippen LogP contribution is 2.78. The number of likely N-dealkylation sites (tertiary alicyclic amines) is 1. The Hall–Kier alpha value is -0.840. The van der Waals surface area contributed by atoms with Gasteiger partial charge in [-0.05, 0) is 118 Å². The van der Waals surface area contributed by atoms with Crippen LogP contribution in [0.3, 0.4) is 0 Å². The van der Waals surface area contributed by atoms with Crippen LogP contribution in [0.4, 0.5) is 0 Å². The van der Waals surface area contributed by atoms with Crippen molar-refractivity contribution in [2.24, 2.45) is 28.6 Å². The largest absolute Gasteiger partial charge is 0.472 e. The molecule has 9 atom stereocenters. The van der Waals surface area contributed by atoms with Crippen molar-refractivity contribution in [2.45, 2.75) is 102 Å². The van der Waals surface area contributed by atoms with E-state index in [4.69, 9.17) is 13.9 Å². The molecule has 7 rings (SSSR count). The van der Waals surface area contributed by atoms with Gasteiger partial charge in [0.05, 0.1) is 31.3 Å². The van der Waals surface area contributed by atoms with Gasteiger partial charge in [0.1, 0.15) is 5.60 Å². The number of nitrogens with zero attached hydrogens (tertiary/aromatic N) is 1. The summed E-state index contributed by atoms with van der Waals surface area (Å²) in [4.78, 5) is 2.58. The molecule has 3 heterocycles. The zero-order valence-electron chi connectivity index (χ0n) is 20.8. The van der Waals surface area contributed by atoms with Gasteiger partial charge in [-0.15, -0.1) is 0 Å². The van der Waals surface area contributed by atoms with Gasteiger partial charge in [-0.3, -0.25) is 0 Å². The lowest BCUT2D eigenvalue weighted by molar-refractivity contribution is -0.145. The highest BCUT2D eigenvalue weighted by Gasteiger charge is 2.80. The second-order valence-electron chi connectivity index (χ2n) is 13.0. The van der Waals surface area contributed by atoms with Crippen molar-refractivity contribution in [3.05, 3.63) is 24.2 Å². The second kappa shape index (κ2) is 7.58. The minimum Gasteiger partial charge on any atom is -0.472 e. The maximum Gasteiger partial charge on any atom is 0.104 e. The van der Waals surface area contributed by atoms with Crippen molar-refractivity contribution in [3.8, 4) is 0 Å². The standard InChI is InChI=1S/C29H43NO3/c1-27-10-7-22(32-16-14-30-12-3-4-13-30)17-21(27)5-6-24-23(27)8-11-28(2)25(20-9-15-31-19-20)18-26-29(24,28)33-26/h9,15,19,21-26H,3-8,10-14,16-18H2,1-2H3/t21-,22-,23+,24-,25-,26-,27+,28-,29-/m1/s1. The number of fused-ring (bicyclic) bond motifs is 3. The lowest BCUT2D eigenvalue weighted by Gasteiger charge is -2.61. The average Bonchev–Trinajstić information content (AvgIpc) is 3.23. The molecule has 4 nitrogen and oxygen atoms in total. The van der Waals surface area contributed by atoms with Crippen LogP contribution >= 0.6 is 0 Å². The van der Waals surface area contributed by atoms with Crippen LogP contribution in [-0.2, 0) is 9.47 Å². The van der Waals surface area contributed by atoms with Crippen molar-refractivity contribution in [1.29, 1.82) is 0 Å². The van der Waals surface area contributed by atoms with Crippen LogP contribution < -0.4 is 0 Å². The number of hydrogen-bond donors (Lipinski definition) is 0. The molecule has 6 aliphatic rings. The van der Waals surface area contributed by atoms with Crippen molar-refractivity contribution >= 4 is 0 Å². The molecule has 0 unspecified atom stereocenters. The summed E-state index contributed by atoms with van der Waals surface area (Å²) in [7, 11) is 0. The topological polar surface area (TPSA) is 38.1 Å². The molecular weight excluding hydrogens is 410 g/mol. The third-order valence-electron chi connectivity index (χ3n) is 11.9. The van der Waals surface area contributed by atoms with Gasteiger partial charge >= 0.3 is 0 Å². The zero-order chi connectivity index (χ0) is 22.3. The first-order valence-corrected chi connectivity index (χ1v) is 14.1. The van der Waals surface area contributed by atoms with Gasteiger partial charge in [0.15, 0.2) is 0 Å². The first-order chi connectivity index (χ1) is 16.0. The van der Waals surface area contributed by atoms with Crippen LogP contribution in [0.5, 0.6) is 0 Å². The highest BCUT2D eigenvalue weighted by atomic mass is 16.6. The number of epoxide rings is 1. The van der Waals surface area contributed by atoms with E-state index in [1.54, 1.807) is 0 Å². The van der Waals surface area contributed by atoms with E-state index in [-0.39, 0.29) is 11.0 Å². The maximum absolute atomic E-state index is 6.73. The van der Waals surface area contributed by atoms with E-state index in [2.05, 4.69) is 24.8 Å². The van der Waals surface area contributed by atoms with E-state index >= 15 is 0 Å². The van der Waals surface area contributed by atoms with Crippen molar-refractivity contribution < 1.29 is 13.9 Å². The van der Waals surface area contributed by atoms with E-state index in [1.165, 1.54) is 82.9 Å². The summed E-state index contributed by atoms with van der Waals surface area (Å²) >= 11 is 0. The first-order valence-electron chi connectivity index (χ1n) is 14.1. The molecule has 4 heteroatoms. The first kappa shape index (κ1) is 21.4. The fraction of sp³-hybridized carbons (Fsp3) is 0.862. The molecule has 33 heavy (non-hydrogen) atoms. The van der Waals surface area contributed by atoms with Crippen molar-refractivity contribution in [3.63, 3.8) is 0 Å². The smallest absolute Gasteiger partial charge is 0.104 e. The van der Waals surface area contributed by atoms with Gasteiger partial charge in [-0.2, -0.15) is 0 Å². The molecule has 0 amide bonds. The third kappa shape index (κ3) is 2.99. The van der Waals surface area contributed by atoms with Crippen LogP contribution in [-0.4, -0.2) is 49.0 Å². The summed E-state index contributed by atoms with van der Waals surface area (Å²) in [6, 6.07) is 2.21. The summed E-state index contributed by atoms with van der Waals surface area (Å²) in [5, 5.41) is 0. The molecule has 182 valence electrons. The Morgan fingerprint density at radius 3 is 2.73 bits per heavy atom. The minimum absolute atomic E-state index is 0.148. The van der Waals surface area contributed by atoms with Crippen molar-refractivity contribution in [2.75, 3.05) is 26.2 Å². The number of hydrogen-bond acceptors (Lipinski definition) is 4. The molecule has 0 bridgehead atoms. The zero-order valence-corrected chi connectivity index (χ0v) is 20.8. The number of furan rings is 1. The fourth-order valence-corrected chi connectivity index (χ4v) is 10.1. The molecule has 0 N–H and O–H groups in total. The Balaban J connectivity index is 1.05. The average molecular weight is 454 g/mol. The molecule has 1 spiro atoms. The van der Waals surface area contributed by atoms with E-state index in [0.717, 1.165) is 30.9 Å². The highest BCUT2D eigenvalue weighted by molar-refractivity contribution is 5.35. The predicted molar refractivity (Wildman–Crippen MR) is 128 cm³/mol. The molecule has 4 aliphatic carbocycles. The Morgan fingerprint density at radius 1 is 1.03 bits per heavy atom. The van der Waals surface area contributed by atoms with Gasteiger partial charge in [0.2, 0.25) is 0 Å². The molecule has 0 aromatic carbocycles. The Kier molecular flexibility index (Phi) is 4.92. The fourth-order valence-electron chi connectivity index (χ4n) is 10.1. The van der Waals surface area contributed by atoms with Crippen LogP contribution in [0.2, 0.25) is 0 Å². The van der Waals surface area contributed by atoms with Gasteiger partial charge < -0.3 is 18.8 Å². The minimum atomic E-state index is 0.148. The molecule has 1 aromatic heterocycles. The van der Waals surface area contributed by atoms with E-state index in [9.17, 15) is 0 Å². The van der Waals surface area contributed by atoms with Crippen LogP contribution in [0, 0.1) is 28.6 Å². The van der Waals surface area contributed by atoms with Crippen LogP contribution in [0.15, 0.2) is 23.0 Å². The Bertz CT molecular complexity index is 864. The van der Waals surface area contributed by atoms with Crippen molar-refractivity contribution in [1.82, 2.24) is 4.90 Å². The normalized spacial score (nSPS) is 51.0. The van der Waals surface area contributed by atoms with E-state index < -0.39 is 0 Å². The SMILES string of the molecule is C[C@]12CC[C@@H](OCCN3CCCC3)C[C@H]1CC[C@@H]1[C@@H]2CC[C@]2(C)[C@@H](c3ccoc3)C[C@H]3O[C@]132. The van der Waals surface area contributed by atoms with Gasteiger partial charge in [0.25, 0.3) is 0 Å². The maximum atomic E-state index is 6.73. The molecule has 6 fully saturated rings. The van der Waals surface area contributed by atoms with Crippen LogP contribution in [0.25, 0.3) is 0 Å². The third-order valence-corrected chi connectivity index (χ3v) is 11.9. The van der Waals surface area contributed by atoms with Gasteiger partial charge in [-0.1, -0.05) is 13.8 Å². The molecule has 2 aliphatic heterocycles. The summed E-state index contributed by atoms with van der Waals surface area (Å²) in [5.41, 5.74) is 2.33. The second-order valence-corrected chi connectivity index (χ2v) is 13.0. The summed E-state index contributed by atoms with van der Waals surface area (Å²) in [6.07, 6.45) is 18.2. The van der Waals surface area contributed by atoms with Gasteiger partial charge in [0, 0.05) is 12.0 Å². The van der Waals surface area contributed by atoms with E-state index in [0.29, 0.717) is 23.5 Å². The van der Waals surface area contributed by atoms with E-state index in [1.807, 2.05) is 12.5 Å². The summed E-state index contributed by atoms with van der Waals surface area (Å²) < 4.78 is 18.7. The summed E-state index contributed by atoms with van der Waals surface area (Å²) in [5.74, 6) is 3.05. The summed E-state index contributed by atoms with van der Waals surface area (Å²) in [6.45, 7) is 9.86. The monoisotopic (exact) mass is 453 g/mol. The lowest BCUT2D eigenvalue weighted by Crippen LogP contribution is -2.58. The predicted octanol–water partition coefficient (Wildman–Crippen LogP) is 6.02. The molecule has 4 saturated carbocycles. The number of rotatable bonds is 5. The lowest BCUT2D eigenvalue weighted by atomic mass is 9.44. The molecular formula is C29H43NO3. The molecule has 2 saturated heterocycles. The van der Waals surface area contributed by atoms with Gasteiger partial charge in [-0.25, -0.2) is 0 Å². The molecule has 1 aromatic rings. The molecule has 0 radical (unpaired) electrons. The Labute approximate surface area is 199 Å². The quantitative estimate of drug-likeness (QED) is 0.511. The Morgan fingerprint density at radius 2 is 1.91 bits per heavy atom.